The molecule has 1 unspecified atom stereocenters. The highest BCUT2D eigenvalue weighted by Gasteiger charge is 2.31. The van der Waals surface area contributed by atoms with E-state index in [1.54, 1.807) is 25.1 Å². The van der Waals surface area contributed by atoms with E-state index in [2.05, 4.69) is 10.6 Å². The summed E-state index contributed by atoms with van der Waals surface area (Å²) < 4.78 is 19.3. The van der Waals surface area contributed by atoms with Crippen molar-refractivity contribution in [1.82, 2.24) is 10.6 Å². The minimum Gasteiger partial charge on any atom is -0.372 e. The van der Waals surface area contributed by atoms with Gasteiger partial charge in [0.05, 0.1) is 6.54 Å². The molecule has 6 heteroatoms. The second-order valence-electron chi connectivity index (χ2n) is 6.05. The first-order valence-electron chi connectivity index (χ1n) is 7.85. The molecule has 1 atom stereocenters. The number of rotatable bonds is 5. The van der Waals surface area contributed by atoms with Gasteiger partial charge in [0.2, 0.25) is 0 Å². The third-order valence-corrected chi connectivity index (χ3v) is 4.38. The van der Waals surface area contributed by atoms with Gasteiger partial charge in [0.15, 0.2) is 0 Å². The monoisotopic (exact) mass is 322 g/mol. The number of nitrogens with one attached hydrogen (secondary N) is 2. The summed E-state index contributed by atoms with van der Waals surface area (Å²) in [5.74, 6) is -1.79. The number of methoxy groups -OCH3 is 1. The van der Waals surface area contributed by atoms with Gasteiger partial charge < -0.3 is 15.4 Å². The van der Waals surface area contributed by atoms with Gasteiger partial charge in [-0.05, 0) is 25.8 Å². The Balaban J connectivity index is 1.95. The van der Waals surface area contributed by atoms with E-state index in [1.165, 1.54) is 13.2 Å². The topological polar surface area (TPSA) is 67.4 Å². The van der Waals surface area contributed by atoms with E-state index in [4.69, 9.17) is 4.74 Å². The first-order chi connectivity index (χ1) is 11.0. The first kappa shape index (κ1) is 17.4. The third kappa shape index (κ3) is 4.28. The van der Waals surface area contributed by atoms with E-state index >= 15 is 0 Å². The van der Waals surface area contributed by atoms with Gasteiger partial charge in [0.25, 0.3) is 0 Å². The van der Waals surface area contributed by atoms with Crippen LogP contribution in [0.1, 0.15) is 38.2 Å². The van der Waals surface area contributed by atoms with Crippen molar-refractivity contribution in [3.63, 3.8) is 0 Å². The number of carbonyl (C=O) groups is 2. The van der Waals surface area contributed by atoms with Gasteiger partial charge in [0.1, 0.15) is 11.4 Å². The van der Waals surface area contributed by atoms with Crippen LogP contribution in [0.4, 0.5) is 4.39 Å². The summed E-state index contributed by atoms with van der Waals surface area (Å²) in [6, 6.07) is 6.30. The van der Waals surface area contributed by atoms with Crippen molar-refractivity contribution in [1.29, 1.82) is 0 Å². The van der Waals surface area contributed by atoms with Crippen LogP contribution >= 0.6 is 0 Å². The first-order valence-corrected chi connectivity index (χ1v) is 7.85. The van der Waals surface area contributed by atoms with Crippen LogP contribution in [-0.2, 0) is 19.9 Å². The van der Waals surface area contributed by atoms with Gasteiger partial charge in [-0.15, -0.1) is 0 Å². The fraction of sp³-hybridized carbons (Fsp3) is 0.529. The van der Waals surface area contributed by atoms with Gasteiger partial charge in [-0.25, -0.2) is 4.39 Å². The molecule has 0 radical (unpaired) electrons. The molecule has 2 N–H and O–H groups in total. The lowest BCUT2D eigenvalue weighted by atomic mass is 9.95. The Morgan fingerprint density at radius 1 is 1.26 bits per heavy atom. The van der Waals surface area contributed by atoms with Crippen molar-refractivity contribution >= 4 is 11.8 Å². The zero-order valence-electron chi connectivity index (χ0n) is 13.5. The number of hydrogen-bond donors (Lipinski definition) is 2. The minimum absolute atomic E-state index is 0.00134. The van der Waals surface area contributed by atoms with Crippen LogP contribution in [0.25, 0.3) is 0 Å². The van der Waals surface area contributed by atoms with E-state index < -0.39 is 23.2 Å². The Labute approximate surface area is 135 Å². The highest BCUT2D eigenvalue weighted by Crippen LogP contribution is 2.26. The highest BCUT2D eigenvalue weighted by molar-refractivity contribution is 6.35. The Morgan fingerprint density at radius 2 is 1.91 bits per heavy atom. The predicted octanol–water partition coefficient (Wildman–Crippen LogP) is 1.86. The van der Waals surface area contributed by atoms with Crippen LogP contribution in [0, 0.1) is 5.82 Å². The molecule has 1 aliphatic carbocycles. The van der Waals surface area contributed by atoms with Crippen molar-refractivity contribution < 1.29 is 18.7 Å². The van der Waals surface area contributed by atoms with Crippen molar-refractivity contribution in [2.24, 2.45) is 0 Å². The molecule has 5 nitrogen and oxygen atoms in total. The van der Waals surface area contributed by atoms with E-state index in [9.17, 15) is 14.0 Å². The van der Waals surface area contributed by atoms with Crippen LogP contribution in [0.15, 0.2) is 24.3 Å². The largest absolute Gasteiger partial charge is 0.372 e. The minimum atomic E-state index is -1.05. The van der Waals surface area contributed by atoms with Crippen LogP contribution < -0.4 is 10.6 Å². The van der Waals surface area contributed by atoms with Gasteiger partial charge >= 0.3 is 11.8 Å². The number of ether oxygens (including phenoxy) is 1. The Kier molecular flexibility index (Phi) is 5.71. The molecule has 0 spiro atoms. The second-order valence-corrected chi connectivity index (χ2v) is 6.05. The summed E-state index contributed by atoms with van der Waals surface area (Å²) in [5.41, 5.74) is -0.715. The van der Waals surface area contributed by atoms with E-state index in [1.807, 2.05) is 0 Å². The van der Waals surface area contributed by atoms with E-state index in [-0.39, 0.29) is 12.6 Å². The fourth-order valence-electron chi connectivity index (χ4n) is 2.82. The smallest absolute Gasteiger partial charge is 0.309 e. The number of benzene rings is 1. The normalized spacial score (nSPS) is 17.5. The van der Waals surface area contributed by atoms with Crippen LogP contribution in [0.3, 0.4) is 0 Å². The Morgan fingerprint density at radius 3 is 2.52 bits per heavy atom. The summed E-state index contributed by atoms with van der Waals surface area (Å²) in [5, 5.41) is 5.25. The quantitative estimate of drug-likeness (QED) is 0.813. The summed E-state index contributed by atoms with van der Waals surface area (Å²) in [7, 11) is 1.44. The lowest BCUT2D eigenvalue weighted by Gasteiger charge is -2.29. The van der Waals surface area contributed by atoms with Gasteiger partial charge in [-0.2, -0.15) is 0 Å². The predicted molar refractivity (Wildman–Crippen MR) is 84.2 cm³/mol. The molecule has 1 fully saturated rings. The third-order valence-electron chi connectivity index (χ3n) is 4.38. The molecule has 0 bridgehead atoms. The standard InChI is InChI=1S/C17H23FN2O3/c1-17(23-2,13-9-5-6-10-14(13)18)11-19-15(21)16(22)20-12-7-3-4-8-12/h5-6,9-10,12H,3-4,7-8,11H2,1-2H3,(H,19,21)(H,20,22). The van der Waals surface area contributed by atoms with Crippen molar-refractivity contribution in [3.8, 4) is 0 Å². The lowest BCUT2D eigenvalue weighted by Crippen LogP contribution is -2.48. The summed E-state index contributed by atoms with van der Waals surface area (Å²) in [4.78, 5) is 23.8. The second kappa shape index (κ2) is 7.55. The Hall–Kier alpha value is -1.95. The van der Waals surface area contributed by atoms with E-state index in [0.29, 0.717) is 5.56 Å². The molecule has 126 valence electrons. The maximum absolute atomic E-state index is 14.0. The van der Waals surface area contributed by atoms with E-state index in [0.717, 1.165) is 25.7 Å². The van der Waals surface area contributed by atoms with Gasteiger partial charge in [-0.3, -0.25) is 9.59 Å². The molecule has 1 saturated carbocycles. The molecule has 1 aliphatic rings. The zero-order valence-corrected chi connectivity index (χ0v) is 13.5. The Bertz CT molecular complexity index is 573. The molecule has 23 heavy (non-hydrogen) atoms. The summed E-state index contributed by atoms with van der Waals surface area (Å²) >= 11 is 0. The van der Waals surface area contributed by atoms with Crippen molar-refractivity contribution in [2.45, 2.75) is 44.2 Å². The van der Waals surface area contributed by atoms with Crippen LogP contribution in [-0.4, -0.2) is 31.5 Å². The van der Waals surface area contributed by atoms with Crippen LogP contribution in [0.5, 0.6) is 0 Å². The number of hydrogen-bond acceptors (Lipinski definition) is 3. The average molecular weight is 322 g/mol. The molecule has 0 heterocycles. The van der Waals surface area contributed by atoms with Gasteiger partial charge in [0, 0.05) is 18.7 Å². The molecule has 0 aliphatic heterocycles. The average Bonchev–Trinajstić information content (AvgIpc) is 3.05. The fourth-order valence-corrected chi connectivity index (χ4v) is 2.82. The van der Waals surface area contributed by atoms with Crippen LogP contribution in [0.2, 0.25) is 0 Å². The van der Waals surface area contributed by atoms with Crippen molar-refractivity contribution in [2.75, 3.05) is 13.7 Å². The molecular formula is C17H23FN2O3. The molecular weight excluding hydrogens is 299 g/mol. The zero-order chi connectivity index (χ0) is 16.9. The maximum atomic E-state index is 14.0. The number of halogens is 1. The maximum Gasteiger partial charge on any atom is 0.309 e. The van der Waals surface area contributed by atoms with Crippen molar-refractivity contribution in [3.05, 3.63) is 35.6 Å². The van der Waals surface area contributed by atoms with Gasteiger partial charge in [-0.1, -0.05) is 31.0 Å². The highest BCUT2D eigenvalue weighted by atomic mass is 19.1. The molecule has 0 aromatic heterocycles. The summed E-state index contributed by atoms with van der Waals surface area (Å²) in [6.07, 6.45) is 3.96. The molecule has 1 aromatic carbocycles. The molecule has 2 rings (SSSR count). The number of carbonyl (C=O) groups excluding carboxylic acids is 2. The SMILES string of the molecule is COC(C)(CNC(=O)C(=O)NC1CCCC1)c1ccccc1F. The molecule has 0 saturated heterocycles. The number of amides is 2. The molecule has 2 amide bonds. The molecule has 1 aromatic rings. The lowest BCUT2D eigenvalue weighted by molar-refractivity contribution is -0.140. The summed E-state index contributed by atoms with van der Waals surface area (Å²) in [6.45, 7) is 1.67.